The van der Waals surface area contributed by atoms with Gasteiger partial charge in [-0.15, -0.1) is 0 Å². The minimum Gasteiger partial charge on any atom is -0.465 e. The summed E-state index contributed by atoms with van der Waals surface area (Å²) in [5, 5.41) is 12.9. The Balaban J connectivity index is 1.18. The summed E-state index contributed by atoms with van der Waals surface area (Å²) in [6, 6.07) is 16.4. The third kappa shape index (κ3) is 6.15. The third-order valence-electron chi connectivity index (χ3n) is 7.86. The average molecular weight is 570 g/mol. The van der Waals surface area contributed by atoms with E-state index in [0.29, 0.717) is 61.9 Å². The van der Waals surface area contributed by atoms with Gasteiger partial charge in [-0.2, -0.15) is 0 Å². The van der Waals surface area contributed by atoms with Gasteiger partial charge in [0.05, 0.1) is 5.69 Å². The van der Waals surface area contributed by atoms with Crippen molar-refractivity contribution in [3.63, 3.8) is 0 Å². The second kappa shape index (κ2) is 12.1. The van der Waals surface area contributed by atoms with Crippen LogP contribution in [0.4, 0.5) is 15.0 Å². The number of rotatable bonds is 9. The molecule has 42 heavy (non-hydrogen) atoms. The van der Waals surface area contributed by atoms with E-state index in [2.05, 4.69) is 15.3 Å². The molecule has 2 aromatic carbocycles. The number of aromatic nitrogens is 4. The molecule has 1 amide bonds. The summed E-state index contributed by atoms with van der Waals surface area (Å²) < 4.78 is 14.9. The molecule has 10 nitrogen and oxygen atoms in total. The SMILES string of the molecule is O=C(O)N1CCN(c2nc(CCCN[C@@H]3C[C@H]3c3ccc(F)cc3)cn(-c3ccc(-c4ncccn4)cc3)c2=O)CC1. The average Bonchev–Trinajstić information content (AvgIpc) is 3.80. The van der Waals surface area contributed by atoms with Crippen LogP contribution in [0.3, 0.4) is 0 Å². The zero-order valence-electron chi connectivity index (χ0n) is 23.1. The number of anilines is 1. The normalized spacial score (nSPS) is 18.2. The first-order chi connectivity index (χ1) is 20.5. The minimum absolute atomic E-state index is 0.220. The Morgan fingerprint density at radius 3 is 2.40 bits per heavy atom. The van der Waals surface area contributed by atoms with Crippen LogP contribution in [0.5, 0.6) is 0 Å². The number of hydrogen-bond acceptors (Lipinski definition) is 7. The van der Waals surface area contributed by atoms with Crippen LogP contribution in [0.25, 0.3) is 17.1 Å². The molecular weight excluding hydrogens is 537 g/mol. The van der Waals surface area contributed by atoms with Crippen molar-refractivity contribution in [3.8, 4) is 17.1 Å². The van der Waals surface area contributed by atoms with E-state index in [9.17, 15) is 19.1 Å². The second-order valence-corrected chi connectivity index (χ2v) is 10.7. The largest absolute Gasteiger partial charge is 0.465 e. The molecule has 1 saturated carbocycles. The van der Waals surface area contributed by atoms with Crippen LogP contribution in [0, 0.1) is 5.82 Å². The van der Waals surface area contributed by atoms with E-state index in [4.69, 9.17) is 4.98 Å². The van der Waals surface area contributed by atoms with Crippen molar-refractivity contribution in [2.45, 2.75) is 31.2 Å². The fourth-order valence-electron chi connectivity index (χ4n) is 5.43. The van der Waals surface area contributed by atoms with Crippen LogP contribution in [-0.2, 0) is 6.42 Å². The molecule has 0 unspecified atom stereocenters. The molecule has 1 saturated heterocycles. The molecule has 1 aliphatic heterocycles. The summed E-state index contributed by atoms with van der Waals surface area (Å²) in [7, 11) is 0. The van der Waals surface area contributed by atoms with E-state index in [1.165, 1.54) is 17.0 Å². The molecule has 4 aromatic rings. The molecule has 2 atom stereocenters. The predicted molar refractivity (Wildman–Crippen MR) is 157 cm³/mol. The van der Waals surface area contributed by atoms with Crippen molar-refractivity contribution in [3.05, 3.63) is 101 Å². The lowest BCUT2D eigenvalue weighted by Gasteiger charge is -2.33. The van der Waals surface area contributed by atoms with E-state index < -0.39 is 6.09 Å². The van der Waals surface area contributed by atoms with Crippen molar-refractivity contribution < 1.29 is 14.3 Å². The van der Waals surface area contributed by atoms with Crippen LogP contribution in [-0.4, -0.2) is 74.4 Å². The maximum Gasteiger partial charge on any atom is 0.407 e. The Morgan fingerprint density at radius 1 is 1.00 bits per heavy atom. The number of carboxylic acid groups (broad SMARTS) is 1. The molecule has 0 spiro atoms. The van der Waals surface area contributed by atoms with Crippen molar-refractivity contribution in [2.24, 2.45) is 0 Å². The van der Waals surface area contributed by atoms with Gasteiger partial charge < -0.3 is 20.2 Å². The number of amides is 1. The monoisotopic (exact) mass is 569 g/mol. The topological polar surface area (TPSA) is 116 Å². The highest BCUT2D eigenvalue weighted by Crippen LogP contribution is 2.40. The number of hydrogen-bond donors (Lipinski definition) is 2. The first-order valence-electron chi connectivity index (χ1n) is 14.2. The Hall–Kier alpha value is -4.64. The highest BCUT2D eigenvalue weighted by atomic mass is 19.1. The van der Waals surface area contributed by atoms with E-state index in [1.54, 1.807) is 29.2 Å². The van der Waals surface area contributed by atoms with Crippen LogP contribution in [0.2, 0.25) is 0 Å². The zero-order valence-corrected chi connectivity index (χ0v) is 23.1. The van der Waals surface area contributed by atoms with Gasteiger partial charge in [-0.05, 0) is 73.8 Å². The van der Waals surface area contributed by atoms with Gasteiger partial charge in [0.1, 0.15) is 5.82 Å². The van der Waals surface area contributed by atoms with Crippen molar-refractivity contribution >= 4 is 11.9 Å². The first-order valence-corrected chi connectivity index (χ1v) is 14.2. The summed E-state index contributed by atoms with van der Waals surface area (Å²) in [5.74, 6) is 1.13. The summed E-state index contributed by atoms with van der Waals surface area (Å²) >= 11 is 0. The molecule has 6 rings (SSSR count). The summed E-state index contributed by atoms with van der Waals surface area (Å²) in [6.07, 6.45) is 6.74. The summed E-state index contributed by atoms with van der Waals surface area (Å²) in [4.78, 5) is 41.7. The Bertz CT molecular complexity index is 1590. The molecule has 2 N–H and O–H groups in total. The fourth-order valence-corrected chi connectivity index (χ4v) is 5.43. The lowest BCUT2D eigenvalue weighted by Crippen LogP contribution is -2.50. The van der Waals surface area contributed by atoms with Gasteiger partial charge >= 0.3 is 6.09 Å². The zero-order chi connectivity index (χ0) is 29.1. The van der Waals surface area contributed by atoms with Gasteiger partial charge in [0, 0.05) is 68.0 Å². The van der Waals surface area contributed by atoms with Gasteiger partial charge in [-0.25, -0.2) is 24.1 Å². The Morgan fingerprint density at radius 2 is 1.71 bits per heavy atom. The van der Waals surface area contributed by atoms with Crippen molar-refractivity contribution in [2.75, 3.05) is 37.6 Å². The molecule has 0 bridgehead atoms. The number of piperazine rings is 1. The van der Waals surface area contributed by atoms with Crippen LogP contribution in [0.1, 0.15) is 30.0 Å². The number of carbonyl (C=O) groups is 1. The molecule has 216 valence electrons. The van der Waals surface area contributed by atoms with Gasteiger partial charge in [-0.3, -0.25) is 9.36 Å². The maximum absolute atomic E-state index is 13.7. The Labute approximate surface area is 242 Å². The number of nitrogens with one attached hydrogen (secondary N) is 1. The Kier molecular flexibility index (Phi) is 7.91. The summed E-state index contributed by atoms with van der Waals surface area (Å²) in [6.45, 7) is 2.22. The molecular formula is C31H32FN7O3. The lowest BCUT2D eigenvalue weighted by atomic mass is 10.1. The molecule has 0 radical (unpaired) electrons. The molecule has 2 fully saturated rings. The second-order valence-electron chi connectivity index (χ2n) is 10.7. The van der Waals surface area contributed by atoms with E-state index >= 15 is 0 Å². The maximum atomic E-state index is 13.7. The fraction of sp³-hybridized carbons (Fsp3) is 0.323. The van der Waals surface area contributed by atoms with Crippen LogP contribution < -0.4 is 15.8 Å². The molecule has 3 heterocycles. The highest BCUT2D eigenvalue weighted by molar-refractivity contribution is 5.65. The van der Waals surface area contributed by atoms with Crippen LogP contribution in [0.15, 0.2) is 78.0 Å². The minimum atomic E-state index is -0.957. The van der Waals surface area contributed by atoms with Crippen LogP contribution >= 0.6 is 0 Å². The summed E-state index contributed by atoms with van der Waals surface area (Å²) in [5.41, 5.74) is 3.24. The molecule has 1 aliphatic carbocycles. The van der Waals surface area contributed by atoms with Gasteiger partial charge in [0.15, 0.2) is 11.6 Å². The van der Waals surface area contributed by atoms with Crippen molar-refractivity contribution in [1.82, 2.24) is 29.7 Å². The first kappa shape index (κ1) is 27.5. The third-order valence-corrected chi connectivity index (χ3v) is 7.86. The van der Waals surface area contributed by atoms with Gasteiger partial charge in [0.25, 0.3) is 5.56 Å². The predicted octanol–water partition coefficient (Wildman–Crippen LogP) is 3.71. The number of nitrogens with zero attached hydrogens (tertiary/aromatic N) is 6. The molecule has 2 aliphatic rings. The van der Waals surface area contributed by atoms with Gasteiger partial charge in [0.2, 0.25) is 0 Å². The number of halogens is 1. The lowest BCUT2D eigenvalue weighted by molar-refractivity contribution is 0.142. The highest BCUT2D eigenvalue weighted by Gasteiger charge is 2.37. The number of aryl methyl sites for hydroxylation is 1. The smallest absolute Gasteiger partial charge is 0.407 e. The van der Waals surface area contributed by atoms with Crippen molar-refractivity contribution in [1.29, 1.82) is 0 Å². The molecule has 2 aromatic heterocycles. The quantitative estimate of drug-likeness (QED) is 0.293. The van der Waals surface area contributed by atoms with E-state index in [1.807, 2.05) is 41.3 Å². The van der Waals surface area contributed by atoms with E-state index in [0.717, 1.165) is 36.2 Å². The van der Waals surface area contributed by atoms with E-state index in [-0.39, 0.29) is 11.4 Å². The molecule has 11 heteroatoms. The number of benzene rings is 2. The van der Waals surface area contributed by atoms with Gasteiger partial charge in [-0.1, -0.05) is 12.1 Å². The standard InChI is InChI=1S/C31H32FN7O3/c32-23-8-4-21(5-9-23)26-19-27(26)33-12-1-3-24-20-39(25-10-6-22(7-11-25)28-34-13-2-14-35-28)30(40)29(36-24)37-15-17-38(18-16-37)31(41)42/h2,4-11,13-14,20,26-27,33H,1,3,12,15-19H2,(H,41,42)/t26-,27+/m0/s1.